The van der Waals surface area contributed by atoms with Crippen LogP contribution >= 0.6 is 0 Å². The van der Waals surface area contributed by atoms with Gasteiger partial charge in [-0.3, -0.25) is 9.80 Å². The fraction of sp³-hybridized carbons (Fsp3) is 0.346. The Morgan fingerprint density at radius 2 is 1.70 bits per heavy atom. The first-order chi connectivity index (χ1) is 16.1. The van der Waals surface area contributed by atoms with Crippen LogP contribution in [0.5, 0.6) is 5.75 Å². The first-order valence-corrected chi connectivity index (χ1v) is 11.6. The van der Waals surface area contributed by atoms with E-state index in [-0.39, 0.29) is 23.4 Å². The number of amides is 1. The van der Waals surface area contributed by atoms with E-state index in [0.29, 0.717) is 19.8 Å². The van der Waals surface area contributed by atoms with E-state index in [1.54, 1.807) is 16.1 Å². The molecule has 3 heterocycles. The number of carbonyl (C=O) groups excluding carboxylic acids is 1. The smallest absolute Gasteiger partial charge is 0.276 e. The molecular formula is C26H29N3O4. The summed E-state index contributed by atoms with van der Waals surface area (Å²) in [7, 11) is 0. The Balaban J connectivity index is 1.69. The number of hydrazine groups is 1. The summed E-state index contributed by atoms with van der Waals surface area (Å²) in [5.74, 6) is 0.223. The number of aliphatic hydroxyl groups is 2. The molecule has 0 radical (unpaired) electrons. The summed E-state index contributed by atoms with van der Waals surface area (Å²) in [6.45, 7) is 1.58. The molecule has 7 nitrogen and oxygen atoms in total. The highest BCUT2D eigenvalue weighted by Crippen LogP contribution is 2.40. The average molecular weight is 448 g/mol. The van der Waals surface area contributed by atoms with Crippen LogP contribution in [0.15, 0.2) is 78.3 Å². The van der Waals surface area contributed by atoms with Gasteiger partial charge in [-0.05, 0) is 30.5 Å². The van der Waals surface area contributed by atoms with Crippen molar-refractivity contribution in [2.24, 2.45) is 0 Å². The van der Waals surface area contributed by atoms with E-state index in [1.165, 1.54) is 6.08 Å². The van der Waals surface area contributed by atoms with Crippen LogP contribution in [0.2, 0.25) is 0 Å². The van der Waals surface area contributed by atoms with Crippen molar-refractivity contribution < 1.29 is 19.7 Å². The second kappa shape index (κ2) is 9.29. The number of carbonyl (C=O) groups is 1. The number of benzene rings is 2. The second-order valence-electron chi connectivity index (χ2n) is 8.63. The van der Waals surface area contributed by atoms with Crippen LogP contribution in [0, 0.1) is 0 Å². The summed E-state index contributed by atoms with van der Waals surface area (Å²) >= 11 is 0. The van der Waals surface area contributed by atoms with Crippen LogP contribution < -0.4 is 4.74 Å². The minimum atomic E-state index is -1.20. The molecule has 0 saturated carbocycles. The van der Waals surface area contributed by atoms with Crippen molar-refractivity contribution in [2.75, 3.05) is 19.8 Å². The third-order valence-electron chi connectivity index (χ3n) is 6.45. The predicted molar refractivity (Wildman–Crippen MR) is 124 cm³/mol. The molecule has 172 valence electrons. The van der Waals surface area contributed by atoms with Crippen LogP contribution in [-0.2, 0) is 4.79 Å². The van der Waals surface area contributed by atoms with Gasteiger partial charge in [-0.25, -0.2) is 0 Å². The number of nitrogens with zero attached hydrogens (tertiary/aromatic N) is 3. The third kappa shape index (κ3) is 4.10. The topological polar surface area (TPSA) is 76.5 Å². The second-order valence-corrected chi connectivity index (χ2v) is 8.63. The maximum absolute atomic E-state index is 13.4. The minimum absolute atomic E-state index is 0.102. The Kier molecular flexibility index (Phi) is 6.07. The molecule has 3 atom stereocenters. The summed E-state index contributed by atoms with van der Waals surface area (Å²) in [5, 5.41) is 24.7. The quantitative estimate of drug-likeness (QED) is 0.694. The molecule has 1 saturated heterocycles. The molecule has 1 fully saturated rings. The van der Waals surface area contributed by atoms with Crippen LogP contribution in [0.3, 0.4) is 0 Å². The maximum atomic E-state index is 13.4. The van der Waals surface area contributed by atoms with Crippen LogP contribution in [0.25, 0.3) is 0 Å². The molecule has 3 aliphatic heterocycles. The summed E-state index contributed by atoms with van der Waals surface area (Å²) in [6.07, 6.45) is 5.81. The van der Waals surface area contributed by atoms with E-state index in [0.717, 1.165) is 42.6 Å². The lowest BCUT2D eigenvalue weighted by Crippen LogP contribution is -2.58. The van der Waals surface area contributed by atoms with Crippen LogP contribution in [-0.4, -0.2) is 57.0 Å². The highest BCUT2D eigenvalue weighted by molar-refractivity contribution is 5.94. The Morgan fingerprint density at radius 1 is 0.939 bits per heavy atom. The molecule has 0 aliphatic carbocycles. The molecule has 0 aromatic heterocycles. The summed E-state index contributed by atoms with van der Waals surface area (Å²) in [4.78, 5) is 15.1. The van der Waals surface area contributed by atoms with Gasteiger partial charge in [-0.1, -0.05) is 61.4 Å². The number of fused-ring (bicyclic) bond motifs is 5. The van der Waals surface area contributed by atoms with E-state index in [2.05, 4.69) is 23.2 Å². The molecule has 2 bridgehead atoms. The number of hydrogen-bond acceptors (Lipinski definition) is 6. The molecule has 3 aliphatic rings. The van der Waals surface area contributed by atoms with Gasteiger partial charge in [0.2, 0.25) is 0 Å². The normalized spacial score (nSPS) is 25.8. The molecule has 0 spiro atoms. The van der Waals surface area contributed by atoms with Crippen molar-refractivity contribution >= 4 is 5.91 Å². The van der Waals surface area contributed by atoms with Crippen molar-refractivity contribution in [3.05, 3.63) is 89.5 Å². The minimum Gasteiger partial charge on any atom is -0.507 e. The van der Waals surface area contributed by atoms with Gasteiger partial charge in [0, 0.05) is 18.3 Å². The standard InChI is InChI=1S/C26H29N3O4/c30-21-14-16-28-24(25(21)31)26(32)27-15-8-1-2-9-17-33-22-13-7-6-12-20(22)23(29(28)18-27)19-10-4-3-5-11-19/h3-7,10-14,16,21,23,30-31H,1-2,8-9,15,17-18H2. The Bertz CT molecular complexity index is 1070. The molecule has 2 aromatic rings. The zero-order chi connectivity index (χ0) is 22.8. The molecule has 2 aromatic carbocycles. The summed E-state index contributed by atoms with van der Waals surface area (Å²) < 4.78 is 6.24. The van der Waals surface area contributed by atoms with Crippen molar-refractivity contribution in [2.45, 2.75) is 37.8 Å². The Morgan fingerprint density at radius 3 is 2.55 bits per heavy atom. The maximum Gasteiger partial charge on any atom is 0.276 e. The first-order valence-electron chi connectivity index (χ1n) is 11.6. The molecule has 7 heteroatoms. The number of rotatable bonds is 1. The molecule has 1 amide bonds. The Labute approximate surface area is 193 Å². The molecule has 3 unspecified atom stereocenters. The number of aliphatic hydroxyl groups excluding tert-OH is 2. The van der Waals surface area contributed by atoms with Crippen LogP contribution in [0.4, 0.5) is 0 Å². The molecule has 33 heavy (non-hydrogen) atoms. The molecular weight excluding hydrogens is 418 g/mol. The van der Waals surface area contributed by atoms with Gasteiger partial charge in [0.15, 0.2) is 11.5 Å². The average Bonchev–Trinajstić information content (AvgIpc) is 2.85. The van der Waals surface area contributed by atoms with Gasteiger partial charge in [0.05, 0.1) is 19.3 Å². The van der Waals surface area contributed by atoms with E-state index in [4.69, 9.17) is 4.74 Å². The van der Waals surface area contributed by atoms with E-state index >= 15 is 0 Å². The zero-order valence-electron chi connectivity index (χ0n) is 18.5. The summed E-state index contributed by atoms with van der Waals surface area (Å²) in [6, 6.07) is 17.8. The number of para-hydroxylation sites is 1. The third-order valence-corrected chi connectivity index (χ3v) is 6.45. The highest BCUT2D eigenvalue weighted by atomic mass is 16.5. The van der Waals surface area contributed by atoms with Crippen LogP contribution in [0.1, 0.15) is 42.9 Å². The fourth-order valence-corrected chi connectivity index (χ4v) is 4.77. The predicted octanol–water partition coefficient (Wildman–Crippen LogP) is 3.71. The number of hydrogen-bond donors (Lipinski definition) is 2. The van der Waals surface area contributed by atoms with E-state index in [9.17, 15) is 15.0 Å². The lowest BCUT2D eigenvalue weighted by molar-refractivity contribution is -0.150. The first kappa shape index (κ1) is 21.6. The van der Waals surface area contributed by atoms with Gasteiger partial charge in [-0.2, -0.15) is 5.01 Å². The lowest BCUT2D eigenvalue weighted by atomic mass is 9.96. The SMILES string of the molecule is O=C1C2=C(O)C(O)C=CN2N2CN1CCCCCCOc1ccccc1C2c1ccccc1. The molecule has 5 rings (SSSR count). The largest absolute Gasteiger partial charge is 0.507 e. The van der Waals surface area contributed by atoms with Gasteiger partial charge in [0.25, 0.3) is 5.91 Å². The highest BCUT2D eigenvalue weighted by Gasteiger charge is 2.43. The monoisotopic (exact) mass is 447 g/mol. The van der Waals surface area contributed by atoms with Crippen molar-refractivity contribution in [3.63, 3.8) is 0 Å². The number of ether oxygens (including phenoxy) is 1. The van der Waals surface area contributed by atoms with Gasteiger partial charge >= 0.3 is 0 Å². The van der Waals surface area contributed by atoms with Crippen molar-refractivity contribution in [3.8, 4) is 5.75 Å². The van der Waals surface area contributed by atoms with Gasteiger partial charge in [0.1, 0.15) is 11.9 Å². The lowest BCUT2D eigenvalue weighted by Gasteiger charge is -2.49. The zero-order valence-corrected chi connectivity index (χ0v) is 18.5. The van der Waals surface area contributed by atoms with E-state index < -0.39 is 6.10 Å². The molecule has 2 N–H and O–H groups in total. The fourth-order valence-electron chi connectivity index (χ4n) is 4.77. The van der Waals surface area contributed by atoms with Crippen molar-refractivity contribution in [1.82, 2.24) is 14.9 Å². The van der Waals surface area contributed by atoms with Crippen molar-refractivity contribution in [1.29, 1.82) is 0 Å². The summed E-state index contributed by atoms with van der Waals surface area (Å²) in [5.41, 5.74) is 2.12. The van der Waals surface area contributed by atoms with Gasteiger partial charge < -0.3 is 19.8 Å². The van der Waals surface area contributed by atoms with Gasteiger partial charge in [-0.15, -0.1) is 0 Å². The Hall–Kier alpha value is -3.29. The van der Waals surface area contributed by atoms with E-state index in [1.807, 2.05) is 36.4 Å².